The summed E-state index contributed by atoms with van der Waals surface area (Å²) in [4.78, 5) is 5.09. The lowest BCUT2D eigenvalue weighted by Gasteiger charge is -2.36. The van der Waals surface area contributed by atoms with Crippen LogP contribution in [0.5, 0.6) is 0 Å². The fourth-order valence-electron chi connectivity index (χ4n) is 18.1. The second-order valence-electron chi connectivity index (χ2n) is 33.5. The Bertz CT molecular complexity index is 5440. The number of rotatable bonds is 12. The third-order valence-corrected chi connectivity index (χ3v) is 24.1. The minimum atomic E-state index is -0.249. The van der Waals surface area contributed by atoms with Crippen molar-refractivity contribution in [3.05, 3.63) is 352 Å². The average molecular weight is 1340 g/mol. The van der Waals surface area contributed by atoms with Crippen LogP contribution < -0.4 is 9.80 Å². The average Bonchev–Trinajstić information content (AvgIpc) is 1.59. The lowest BCUT2D eigenvalue weighted by Crippen LogP contribution is -2.27. The number of hydrogen-bond acceptors (Lipinski definition) is 2. The predicted molar refractivity (Wildman–Crippen MR) is 439 cm³/mol. The summed E-state index contributed by atoms with van der Waals surface area (Å²) in [6, 6.07) is 95.0. The van der Waals surface area contributed by atoms with E-state index in [0.29, 0.717) is 5.92 Å². The van der Waals surface area contributed by atoms with Crippen LogP contribution in [0.2, 0.25) is 0 Å². The van der Waals surface area contributed by atoms with Crippen LogP contribution in [0.15, 0.2) is 308 Å². The van der Waals surface area contributed by atoms with Crippen molar-refractivity contribution in [2.45, 2.75) is 137 Å². The summed E-state index contributed by atoms with van der Waals surface area (Å²) >= 11 is 0. The van der Waals surface area contributed by atoms with Gasteiger partial charge >= 0.3 is 0 Å². The first-order chi connectivity index (χ1) is 49.6. The van der Waals surface area contributed by atoms with E-state index in [1.807, 2.05) is 0 Å². The molecule has 11 aromatic rings. The monoisotopic (exact) mass is 1330 g/mol. The number of hydrogen-bond donors (Lipinski definition) is 0. The van der Waals surface area contributed by atoms with Crippen molar-refractivity contribution in [2.24, 2.45) is 11.3 Å². The molecule has 17 rings (SSSR count). The molecule has 6 aliphatic carbocycles. The molecule has 0 saturated heterocycles. The lowest BCUT2D eigenvalue weighted by molar-refractivity contribution is 0.293. The maximum atomic E-state index is 2.59. The topological polar surface area (TPSA) is 6.48 Å². The Morgan fingerprint density at radius 2 is 0.845 bits per heavy atom. The fraction of sp³-hybridized carbons (Fsp3) is 0.228. The molecule has 0 spiro atoms. The van der Waals surface area contributed by atoms with E-state index in [1.54, 1.807) is 0 Å². The summed E-state index contributed by atoms with van der Waals surface area (Å²) in [5, 5.41) is 0. The molecule has 0 fully saturated rings. The molecule has 0 radical (unpaired) electrons. The second kappa shape index (κ2) is 24.9. The summed E-state index contributed by atoms with van der Waals surface area (Å²) in [7, 11) is 0. The summed E-state index contributed by atoms with van der Waals surface area (Å²) in [5.41, 5.74) is 40.0. The highest BCUT2D eigenvalue weighted by atomic mass is 15.2. The van der Waals surface area contributed by atoms with Gasteiger partial charge in [0.25, 0.3) is 0 Å². The molecule has 6 aliphatic rings. The van der Waals surface area contributed by atoms with Crippen molar-refractivity contribution in [2.75, 3.05) is 9.80 Å². The van der Waals surface area contributed by atoms with Gasteiger partial charge in [0.15, 0.2) is 0 Å². The Balaban J connectivity index is 0.695. The van der Waals surface area contributed by atoms with Crippen LogP contribution in [-0.4, -0.2) is 0 Å². The molecular weight excluding hydrogens is 1240 g/mol. The number of benzene rings is 11. The van der Waals surface area contributed by atoms with Gasteiger partial charge in [-0.15, -0.1) is 0 Å². The maximum absolute atomic E-state index is 2.59. The molecule has 0 amide bonds. The van der Waals surface area contributed by atoms with Crippen LogP contribution in [0.3, 0.4) is 0 Å². The predicted octanol–water partition coefficient (Wildman–Crippen LogP) is 27.6. The minimum absolute atomic E-state index is 0.0428. The molecule has 0 bridgehead atoms. The zero-order valence-corrected chi connectivity index (χ0v) is 62.1. The van der Waals surface area contributed by atoms with Crippen molar-refractivity contribution in [3.63, 3.8) is 0 Å². The first-order valence-corrected chi connectivity index (χ1v) is 37.7. The van der Waals surface area contributed by atoms with Gasteiger partial charge in [-0.2, -0.15) is 0 Å². The van der Waals surface area contributed by atoms with Crippen molar-refractivity contribution in [1.29, 1.82) is 0 Å². The molecule has 508 valence electrons. The van der Waals surface area contributed by atoms with Gasteiger partial charge in [0.2, 0.25) is 0 Å². The summed E-state index contributed by atoms with van der Waals surface area (Å²) < 4.78 is 0. The number of anilines is 3. The molecule has 1 unspecified atom stereocenters. The van der Waals surface area contributed by atoms with Gasteiger partial charge in [0.1, 0.15) is 0 Å². The fourth-order valence-corrected chi connectivity index (χ4v) is 18.1. The molecule has 0 saturated carbocycles. The molecule has 2 heteroatoms. The van der Waals surface area contributed by atoms with Crippen LogP contribution in [0.4, 0.5) is 17.1 Å². The molecule has 11 aromatic carbocycles. The summed E-state index contributed by atoms with van der Waals surface area (Å²) in [5.74, 6) is 0.481. The number of fused-ring (bicyclic) bond motifs is 8. The van der Waals surface area contributed by atoms with Crippen LogP contribution in [0.25, 0.3) is 89.0 Å². The molecule has 1 atom stereocenters. The van der Waals surface area contributed by atoms with E-state index in [1.165, 1.54) is 168 Å². The van der Waals surface area contributed by atoms with E-state index in [-0.39, 0.29) is 27.1 Å². The second-order valence-corrected chi connectivity index (χ2v) is 33.5. The maximum Gasteiger partial charge on any atom is 0.0464 e. The zero-order chi connectivity index (χ0) is 70.9. The van der Waals surface area contributed by atoms with Crippen LogP contribution >= 0.6 is 0 Å². The molecule has 0 N–H and O–H groups in total. The molecular formula is C101H94N2. The SMILES string of the molecule is CC(C)(C)c1ccc(N(C2=CCCC(c3ccc(-c4ccc5c(c4)C(C)(C)c4cc(-c6ccc(-c7cccc(N(C8=CCC(C(C)(C)C)C=C8)C8=CC9=C(CC8)c8ccccc8C9(C)C)c7)c(-c7ccccc7)c6)ccc4-5)cc3-c3ccccc3)=C2)c2ccc3c(c2)C(C)(C)c2ccccc2-3)cc1. The molecule has 0 aliphatic heterocycles. The van der Waals surface area contributed by atoms with E-state index in [0.717, 1.165) is 37.8 Å². The highest BCUT2D eigenvalue weighted by Gasteiger charge is 2.41. The quantitative estimate of drug-likeness (QED) is 0.120. The van der Waals surface area contributed by atoms with Gasteiger partial charge in [0.05, 0.1) is 0 Å². The van der Waals surface area contributed by atoms with Gasteiger partial charge in [0, 0.05) is 50.4 Å². The smallest absolute Gasteiger partial charge is 0.0464 e. The third-order valence-electron chi connectivity index (χ3n) is 24.1. The van der Waals surface area contributed by atoms with E-state index in [2.05, 4.69) is 378 Å². The van der Waals surface area contributed by atoms with Crippen molar-refractivity contribution >= 4 is 28.2 Å². The van der Waals surface area contributed by atoms with Gasteiger partial charge in [-0.3, -0.25) is 0 Å². The van der Waals surface area contributed by atoms with E-state index >= 15 is 0 Å². The zero-order valence-electron chi connectivity index (χ0n) is 62.1. The van der Waals surface area contributed by atoms with E-state index in [9.17, 15) is 0 Å². The number of nitrogens with zero attached hydrogens (tertiary/aromatic N) is 2. The Labute approximate surface area is 612 Å². The normalized spacial score (nSPS) is 17.2. The Morgan fingerprint density at radius 3 is 1.46 bits per heavy atom. The largest absolute Gasteiger partial charge is 0.315 e. The van der Waals surface area contributed by atoms with Crippen LogP contribution in [0.1, 0.15) is 160 Å². The van der Waals surface area contributed by atoms with Gasteiger partial charge in [-0.25, -0.2) is 0 Å². The molecule has 103 heavy (non-hydrogen) atoms. The van der Waals surface area contributed by atoms with E-state index in [4.69, 9.17) is 0 Å². The van der Waals surface area contributed by atoms with E-state index < -0.39 is 0 Å². The van der Waals surface area contributed by atoms with Crippen molar-refractivity contribution in [3.8, 4) is 77.9 Å². The number of allylic oxidation sites excluding steroid dienone is 10. The van der Waals surface area contributed by atoms with Gasteiger partial charge in [-0.1, -0.05) is 289 Å². The first kappa shape index (κ1) is 65.7. The molecule has 2 nitrogen and oxygen atoms in total. The van der Waals surface area contributed by atoms with Crippen LogP contribution in [-0.2, 0) is 21.7 Å². The highest BCUT2D eigenvalue weighted by Crippen LogP contribution is 2.56. The van der Waals surface area contributed by atoms with Gasteiger partial charge < -0.3 is 9.80 Å². The summed E-state index contributed by atoms with van der Waals surface area (Å²) in [6.45, 7) is 28.5. The summed E-state index contributed by atoms with van der Waals surface area (Å²) in [6.07, 6.45) is 19.8. The third kappa shape index (κ3) is 11.4. The van der Waals surface area contributed by atoms with Crippen LogP contribution in [0, 0.1) is 11.3 Å². The highest BCUT2D eigenvalue weighted by molar-refractivity contribution is 5.94. The van der Waals surface area contributed by atoms with Crippen molar-refractivity contribution < 1.29 is 0 Å². The molecule has 0 heterocycles. The van der Waals surface area contributed by atoms with Gasteiger partial charge in [-0.05, 0) is 267 Å². The van der Waals surface area contributed by atoms with Crippen molar-refractivity contribution in [1.82, 2.24) is 0 Å². The molecule has 0 aromatic heterocycles. The Morgan fingerprint density at radius 1 is 0.340 bits per heavy atom. The lowest BCUT2D eigenvalue weighted by atomic mass is 9.76. The first-order valence-electron chi connectivity index (χ1n) is 37.7. The Hall–Kier alpha value is -10.5. The standard InChI is InChI=1S/C101H94N2/c1-97(2,3)73-41-45-75(46-42-73)102(79-49-55-87-83-33-19-21-35-91(83)99(7,8)95(87)63-79)77-31-23-29-71(57-77)81-51-37-67(59-89(81)65-25-15-13-16-26-65)69-39-53-85-86-54-40-70(62-94(86)101(11,12)93(85)61-69)68-38-52-82(90(60-68)66-27-17-14-18-28-66)72-30-24-32-78(58-72)103(76-47-43-74(44-48-76)98(4,5)6)80-50-56-88-84-34-20-22-36-92(84)100(9,10)96(88)64-80/h13-23,25-29,31-41,43-48,50-54,56-64,73H,24,30,42,49,55H2,1-12H3. The minimum Gasteiger partial charge on any atom is -0.315 e. The Kier molecular flexibility index (Phi) is 15.9.